The van der Waals surface area contributed by atoms with Gasteiger partial charge in [0.05, 0.1) is 24.4 Å². The van der Waals surface area contributed by atoms with Gasteiger partial charge in [0.15, 0.2) is 5.65 Å². The van der Waals surface area contributed by atoms with E-state index in [9.17, 15) is 18.0 Å². The Morgan fingerprint density at radius 3 is 2.64 bits per heavy atom. The number of alkyl halides is 3. The summed E-state index contributed by atoms with van der Waals surface area (Å²) in [4.78, 5) is 16.6. The number of rotatable bonds is 3. The largest absolute Gasteiger partial charge is 0.472 e. The molecule has 6 nitrogen and oxygen atoms in total. The van der Waals surface area contributed by atoms with Crippen LogP contribution in [-0.4, -0.2) is 32.7 Å². The molecule has 0 saturated carbocycles. The number of hydrogen-bond donors (Lipinski definition) is 1. The third-order valence-corrected chi connectivity index (χ3v) is 3.86. The van der Waals surface area contributed by atoms with E-state index in [2.05, 4.69) is 10.1 Å². The van der Waals surface area contributed by atoms with Crippen molar-refractivity contribution in [2.45, 2.75) is 33.0 Å². The number of amides is 1. The molecular formula is C16H15F3N4O2. The quantitative estimate of drug-likeness (QED) is 0.785. The Morgan fingerprint density at radius 1 is 1.32 bits per heavy atom. The Hall–Kier alpha value is -2.84. The first-order chi connectivity index (χ1) is 11.7. The van der Waals surface area contributed by atoms with Crippen molar-refractivity contribution in [3.8, 4) is 11.3 Å². The van der Waals surface area contributed by atoms with Crippen LogP contribution in [0.25, 0.3) is 16.9 Å². The van der Waals surface area contributed by atoms with Gasteiger partial charge < -0.3 is 9.73 Å². The second-order valence-electron chi connectivity index (χ2n) is 5.78. The molecule has 25 heavy (non-hydrogen) atoms. The summed E-state index contributed by atoms with van der Waals surface area (Å²) in [7, 11) is 0. The van der Waals surface area contributed by atoms with E-state index < -0.39 is 18.1 Å². The molecule has 3 heterocycles. The summed E-state index contributed by atoms with van der Waals surface area (Å²) in [6.45, 7) is 4.48. The zero-order valence-corrected chi connectivity index (χ0v) is 13.7. The minimum atomic E-state index is -4.53. The third kappa shape index (κ3) is 3.09. The molecule has 9 heteroatoms. The molecule has 0 aliphatic carbocycles. The molecule has 1 N–H and O–H groups in total. The molecule has 0 aliphatic rings. The minimum absolute atomic E-state index is 0.0257. The third-order valence-electron chi connectivity index (χ3n) is 3.86. The van der Waals surface area contributed by atoms with E-state index in [1.807, 2.05) is 12.2 Å². The van der Waals surface area contributed by atoms with Gasteiger partial charge in [-0.05, 0) is 32.4 Å². The summed E-state index contributed by atoms with van der Waals surface area (Å²) in [5, 5.41) is 5.97. The van der Waals surface area contributed by atoms with Crippen molar-refractivity contribution in [1.82, 2.24) is 19.9 Å². The van der Waals surface area contributed by atoms with E-state index in [0.29, 0.717) is 11.4 Å². The summed E-state index contributed by atoms with van der Waals surface area (Å²) in [6.07, 6.45) is -0.234. The molecule has 0 bridgehead atoms. The number of hydrogen-bond acceptors (Lipinski definition) is 4. The summed E-state index contributed by atoms with van der Waals surface area (Å²) in [5.41, 5.74) is 2.98. The van der Waals surface area contributed by atoms with Gasteiger partial charge in [-0.15, -0.1) is 0 Å². The number of nitrogens with zero attached hydrogens (tertiary/aromatic N) is 3. The molecule has 1 amide bonds. The highest BCUT2D eigenvalue weighted by Crippen LogP contribution is 2.25. The van der Waals surface area contributed by atoms with Crippen LogP contribution >= 0.6 is 0 Å². The van der Waals surface area contributed by atoms with Gasteiger partial charge in [-0.3, -0.25) is 4.79 Å². The van der Waals surface area contributed by atoms with Crippen molar-refractivity contribution in [1.29, 1.82) is 0 Å². The standard InChI is InChI=1S/C16H15F3N4O2/c1-8-6-25-7-12(8)13-4-9(2)23-14(22-13)11(5-20-23)15(24)21-10(3)16(17,18)19/h4-7,10H,1-3H3,(H,21,24)/t10-/m1/s1. The summed E-state index contributed by atoms with van der Waals surface area (Å²) >= 11 is 0. The van der Waals surface area contributed by atoms with Gasteiger partial charge in [0.25, 0.3) is 5.91 Å². The highest BCUT2D eigenvalue weighted by Gasteiger charge is 2.37. The smallest absolute Gasteiger partial charge is 0.408 e. The molecule has 0 radical (unpaired) electrons. The number of carbonyl (C=O) groups excluding carboxylic acids is 1. The van der Waals surface area contributed by atoms with E-state index in [1.165, 1.54) is 17.0 Å². The van der Waals surface area contributed by atoms with Gasteiger partial charge in [0, 0.05) is 11.3 Å². The molecular weight excluding hydrogens is 337 g/mol. The van der Waals surface area contributed by atoms with Gasteiger partial charge >= 0.3 is 6.18 Å². The molecule has 1 atom stereocenters. The van der Waals surface area contributed by atoms with Crippen LogP contribution in [0, 0.1) is 13.8 Å². The maximum atomic E-state index is 12.7. The van der Waals surface area contributed by atoms with Gasteiger partial charge in [0.1, 0.15) is 11.6 Å². The van der Waals surface area contributed by atoms with E-state index in [0.717, 1.165) is 18.1 Å². The van der Waals surface area contributed by atoms with Gasteiger partial charge in [-0.25, -0.2) is 9.50 Å². The average Bonchev–Trinajstić information content (AvgIpc) is 3.12. The number of aryl methyl sites for hydroxylation is 2. The predicted octanol–water partition coefficient (Wildman–Crippen LogP) is 3.29. The molecule has 132 valence electrons. The fraction of sp³-hybridized carbons (Fsp3) is 0.312. The van der Waals surface area contributed by atoms with Gasteiger partial charge in [-0.2, -0.15) is 18.3 Å². The van der Waals surface area contributed by atoms with Crippen LogP contribution < -0.4 is 5.32 Å². The van der Waals surface area contributed by atoms with Crippen molar-refractivity contribution in [2.24, 2.45) is 0 Å². The Bertz CT molecular complexity index is 943. The molecule has 0 spiro atoms. The topological polar surface area (TPSA) is 72.4 Å². The van der Waals surface area contributed by atoms with Crippen molar-refractivity contribution in [3.05, 3.63) is 41.6 Å². The maximum absolute atomic E-state index is 12.7. The van der Waals surface area contributed by atoms with Crippen molar-refractivity contribution in [2.75, 3.05) is 0 Å². The van der Waals surface area contributed by atoms with Gasteiger partial charge in [-0.1, -0.05) is 0 Å². The van der Waals surface area contributed by atoms with Crippen LogP contribution in [-0.2, 0) is 0 Å². The highest BCUT2D eigenvalue weighted by molar-refractivity contribution is 6.00. The van der Waals surface area contributed by atoms with E-state index in [-0.39, 0.29) is 11.2 Å². The van der Waals surface area contributed by atoms with Crippen LogP contribution in [0.3, 0.4) is 0 Å². The first-order valence-electron chi connectivity index (χ1n) is 7.44. The molecule has 0 unspecified atom stereocenters. The van der Waals surface area contributed by atoms with E-state index in [4.69, 9.17) is 4.42 Å². The normalized spacial score (nSPS) is 13.2. The Kier molecular flexibility index (Phi) is 4.02. The van der Waals surface area contributed by atoms with E-state index in [1.54, 1.807) is 19.3 Å². The molecule has 0 aromatic carbocycles. The molecule has 3 aromatic heterocycles. The lowest BCUT2D eigenvalue weighted by Gasteiger charge is -2.16. The number of halogens is 3. The fourth-order valence-corrected chi connectivity index (χ4v) is 2.39. The Balaban J connectivity index is 2.04. The molecule has 3 aromatic rings. The maximum Gasteiger partial charge on any atom is 0.408 e. The SMILES string of the molecule is Cc1cocc1-c1cc(C)n2ncc(C(=O)N[C@H](C)C(F)(F)F)c2n1. The molecule has 0 fully saturated rings. The Labute approximate surface area is 140 Å². The fourth-order valence-electron chi connectivity index (χ4n) is 2.39. The lowest BCUT2D eigenvalue weighted by atomic mass is 10.1. The zero-order valence-electron chi connectivity index (χ0n) is 13.7. The second kappa shape index (κ2) is 5.91. The summed E-state index contributed by atoms with van der Waals surface area (Å²) < 4.78 is 44.5. The second-order valence-corrected chi connectivity index (χ2v) is 5.78. The van der Waals surface area contributed by atoms with Crippen molar-refractivity contribution >= 4 is 11.6 Å². The van der Waals surface area contributed by atoms with Crippen molar-refractivity contribution in [3.63, 3.8) is 0 Å². The summed E-state index contributed by atoms with van der Waals surface area (Å²) in [6, 6.07) is -0.215. The van der Waals surface area contributed by atoms with Crippen LogP contribution in [0.2, 0.25) is 0 Å². The van der Waals surface area contributed by atoms with Crippen LogP contribution in [0.1, 0.15) is 28.5 Å². The number of carbonyl (C=O) groups is 1. The van der Waals surface area contributed by atoms with Crippen LogP contribution in [0.4, 0.5) is 13.2 Å². The first kappa shape index (κ1) is 17.0. The highest BCUT2D eigenvalue weighted by atomic mass is 19.4. The summed E-state index contributed by atoms with van der Waals surface area (Å²) in [5.74, 6) is -0.882. The number of furan rings is 1. The monoisotopic (exact) mass is 352 g/mol. The molecule has 3 rings (SSSR count). The predicted molar refractivity (Wildman–Crippen MR) is 83.1 cm³/mol. The zero-order chi connectivity index (χ0) is 18.4. The lowest BCUT2D eigenvalue weighted by Crippen LogP contribution is -2.43. The number of nitrogens with one attached hydrogen (secondary N) is 1. The average molecular weight is 352 g/mol. The molecule has 0 saturated heterocycles. The molecule has 0 aliphatic heterocycles. The van der Waals surface area contributed by atoms with Crippen molar-refractivity contribution < 1.29 is 22.4 Å². The minimum Gasteiger partial charge on any atom is -0.472 e. The lowest BCUT2D eigenvalue weighted by molar-refractivity contribution is -0.149. The first-order valence-corrected chi connectivity index (χ1v) is 7.44. The Morgan fingerprint density at radius 2 is 2.04 bits per heavy atom. The number of aromatic nitrogens is 3. The van der Waals surface area contributed by atoms with Crippen LogP contribution in [0.15, 0.2) is 29.2 Å². The van der Waals surface area contributed by atoms with E-state index >= 15 is 0 Å². The van der Waals surface area contributed by atoms with Crippen LogP contribution in [0.5, 0.6) is 0 Å². The number of fused-ring (bicyclic) bond motifs is 1. The van der Waals surface area contributed by atoms with Gasteiger partial charge in [0.2, 0.25) is 0 Å².